The Morgan fingerprint density at radius 3 is 1.96 bits per heavy atom. The van der Waals surface area contributed by atoms with Gasteiger partial charge in [-0.15, -0.1) is 0 Å². The fourth-order valence-electron chi connectivity index (χ4n) is 11.6. The van der Waals surface area contributed by atoms with Crippen LogP contribution >= 0.6 is 0 Å². The Hall–Kier alpha value is -8.47. The van der Waals surface area contributed by atoms with Crippen LogP contribution in [0.1, 0.15) is 69.2 Å². The summed E-state index contributed by atoms with van der Waals surface area (Å²) >= 11 is 0. The van der Waals surface area contributed by atoms with Gasteiger partial charge in [0, 0.05) is 33.1 Å². The van der Waals surface area contributed by atoms with Crippen LogP contribution in [-0.4, -0.2) is 9.55 Å². The van der Waals surface area contributed by atoms with Crippen LogP contribution < -0.4 is 4.90 Å². The monoisotopic (exact) mass is 915 g/mol. The molecular weight excluding hydrogens is 863 g/mol. The Morgan fingerprint density at radius 2 is 1.14 bits per heavy atom. The molecular formula is C67H53N3O. The van der Waals surface area contributed by atoms with Gasteiger partial charge in [0.25, 0.3) is 0 Å². The Bertz CT molecular complexity index is 4060. The van der Waals surface area contributed by atoms with Crippen LogP contribution in [0.15, 0.2) is 210 Å². The van der Waals surface area contributed by atoms with Crippen molar-refractivity contribution in [2.75, 3.05) is 4.90 Å². The number of hydrogen-bond acceptors (Lipinski definition) is 3. The van der Waals surface area contributed by atoms with Crippen LogP contribution in [0.5, 0.6) is 0 Å². The topological polar surface area (TPSA) is 34.2 Å². The lowest BCUT2D eigenvalue weighted by Crippen LogP contribution is -2.32. The zero-order chi connectivity index (χ0) is 47.8. The predicted molar refractivity (Wildman–Crippen MR) is 301 cm³/mol. The maximum atomic E-state index is 6.81. The zero-order valence-corrected chi connectivity index (χ0v) is 40.6. The molecule has 3 heterocycles. The van der Waals surface area contributed by atoms with E-state index in [0.717, 1.165) is 63.4 Å². The summed E-state index contributed by atoms with van der Waals surface area (Å²) in [5, 5.41) is 7.42. The summed E-state index contributed by atoms with van der Waals surface area (Å²) < 4.78 is 9.19. The summed E-state index contributed by atoms with van der Waals surface area (Å²) in [6.45, 7) is 8.74. The highest BCUT2D eigenvalue weighted by molar-refractivity contribution is 6.18. The van der Waals surface area contributed by atoms with Gasteiger partial charge in [-0.05, 0) is 164 Å². The average Bonchev–Trinajstić information content (AvgIpc) is 3.91. The minimum absolute atomic E-state index is 0.202. The van der Waals surface area contributed by atoms with Crippen molar-refractivity contribution < 1.29 is 4.42 Å². The van der Waals surface area contributed by atoms with Crippen molar-refractivity contribution in [3.8, 4) is 39.4 Å². The third kappa shape index (κ3) is 6.77. The van der Waals surface area contributed by atoms with Gasteiger partial charge in [-0.1, -0.05) is 161 Å². The summed E-state index contributed by atoms with van der Waals surface area (Å²) in [6.07, 6.45) is 19.2. The first-order chi connectivity index (χ1) is 35.0. The SMILES string of the molecule is CC.CC1(C)c2ccccc2N(C2=CCCC=C2)c2ccc(-c3ccc4c(c3)c3ccc5nc(-c6ccccc6)oc5c3n4-c3ccc(-c4ccc5c(c4)c4c(c6ccccc65)C=CCC=C4)cc3)cc21. The Kier molecular flexibility index (Phi) is 10.1. The number of aromatic nitrogens is 2. The van der Waals surface area contributed by atoms with Crippen molar-refractivity contribution >= 4 is 78.0 Å². The number of nitrogens with zero attached hydrogens (tertiary/aromatic N) is 3. The number of fused-ring (bicyclic) bond motifs is 13. The molecule has 9 aromatic carbocycles. The van der Waals surface area contributed by atoms with E-state index in [1.807, 2.05) is 32.0 Å². The summed E-state index contributed by atoms with van der Waals surface area (Å²) in [4.78, 5) is 7.51. The number of rotatable bonds is 5. The van der Waals surface area contributed by atoms with Gasteiger partial charge in [0.15, 0.2) is 5.58 Å². The van der Waals surface area contributed by atoms with E-state index in [2.05, 4.69) is 218 Å². The highest BCUT2D eigenvalue weighted by atomic mass is 16.3. The van der Waals surface area contributed by atoms with Crippen LogP contribution in [0.2, 0.25) is 0 Å². The maximum Gasteiger partial charge on any atom is 0.227 e. The van der Waals surface area contributed by atoms with E-state index in [0.29, 0.717) is 5.89 Å². The summed E-state index contributed by atoms with van der Waals surface area (Å²) in [7, 11) is 0. The Morgan fingerprint density at radius 1 is 0.493 bits per heavy atom. The molecule has 0 radical (unpaired) electrons. The van der Waals surface area contributed by atoms with E-state index in [4.69, 9.17) is 9.40 Å². The number of allylic oxidation sites excluding steroid dienone is 5. The summed E-state index contributed by atoms with van der Waals surface area (Å²) in [5.74, 6) is 0.616. The third-order valence-corrected chi connectivity index (χ3v) is 15.0. The van der Waals surface area contributed by atoms with Crippen molar-refractivity contribution in [2.45, 2.75) is 52.4 Å². The number of hydrogen-bond donors (Lipinski definition) is 0. The molecule has 0 saturated carbocycles. The largest absolute Gasteiger partial charge is 0.434 e. The highest BCUT2D eigenvalue weighted by Crippen LogP contribution is 2.52. The highest BCUT2D eigenvalue weighted by Gasteiger charge is 2.37. The molecule has 71 heavy (non-hydrogen) atoms. The molecule has 2 aliphatic carbocycles. The molecule has 0 fully saturated rings. The van der Waals surface area contributed by atoms with Crippen molar-refractivity contribution in [1.82, 2.24) is 9.55 Å². The van der Waals surface area contributed by atoms with Crippen molar-refractivity contribution in [1.29, 1.82) is 0 Å². The van der Waals surface area contributed by atoms with Crippen LogP contribution in [0.4, 0.5) is 11.4 Å². The normalized spacial score (nSPS) is 14.6. The maximum absolute atomic E-state index is 6.81. The molecule has 0 saturated heterocycles. The lowest BCUT2D eigenvalue weighted by atomic mass is 9.72. The number of benzene rings is 9. The molecule has 11 aromatic rings. The molecule has 0 N–H and O–H groups in total. The minimum Gasteiger partial charge on any atom is -0.434 e. The molecule has 0 amide bonds. The molecule has 0 unspecified atom stereocenters. The van der Waals surface area contributed by atoms with Gasteiger partial charge in [-0.2, -0.15) is 0 Å². The molecule has 0 bridgehead atoms. The molecule has 2 aromatic heterocycles. The quantitative estimate of drug-likeness (QED) is 0.161. The molecule has 1 aliphatic heterocycles. The van der Waals surface area contributed by atoms with Crippen molar-refractivity contribution in [3.05, 3.63) is 228 Å². The van der Waals surface area contributed by atoms with Gasteiger partial charge in [-0.25, -0.2) is 4.98 Å². The lowest BCUT2D eigenvalue weighted by molar-refractivity contribution is 0.621. The van der Waals surface area contributed by atoms with Crippen LogP contribution in [0, 0.1) is 0 Å². The second-order valence-corrected chi connectivity index (χ2v) is 19.3. The summed E-state index contributed by atoms with van der Waals surface area (Å²) in [5.41, 5.74) is 19.2. The predicted octanol–water partition coefficient (Wildman–Crippen LogP) is 18.7. The molecule has 4 heteroatoms. The second kappa shape index (κ2) is 16.9. The van der Waals surface area contributed by atoms with Crippen molar-refractivity contribution in [2.24, 2.45) is 0 Å². The first kappa shape index (κ1) is 42.6. The van der Waals surface area contributed by atoms with E-state index in [1.54, 1.807) is 0 Å². The smallest absolute Gasteiger partial charge is 0.227 e. The van der Waals surface area contributed by atoms with E-state index in [9.17, 15) is 0 Å². The van der Waals surface area contributed by atoms with E-state index >= 15 is 0 Å². The van der Waals surface area contributed by atoms with Crippen LogP contribution in [0.25, 0.3) is 106 Å². The Labute approximate surface area is 414 Å². The molecule has 342 valence electrons. The Balaban J connectivity index is 0.00000243. The van der Waals surface area contributed by atoms with Gasteiger partial charge in [0.1, 0.15) is 5.52 Å². The lowest BCUT2D eigenvalue weighted by Gasteiger charge is -2.43. The van der Waals surface area contributed by atoms with Gasteiger partial charge < -0.3 is 13.9 Å². The molecule has 0 atom stereocenters. The summed E-state index contributed by atoms with van der Waals surface area (Å²) in [6, 6.07) is 62.3. The zero-order valence-electron chi connectivity index (χ0n) is 40.6. The van der Waals surface area contributed by atoms with Gasteiger partial charge in [0.2, 0.25) is 5.89 Å². The van der Waals surface area contributed by atoms with Gasteiger partial charge >= 0.3 is 0 Å². The minimum atomic E-state index is -0.202. The average molecular weight is 916 g/mol. The molecule has 3 aliphatic rings. The third-order valence-electron chi connectivity index (χ3n) is 15.0. The molecule has 0 spiro atoms. The first-order valence-corrected chi connectivity index (χ1v) is 25.2. The van der Waals surface area contributed by atoms with Gasteiger partial charge in [-0.3, -0.25) is 0 Å². The molecule has 4 nitrogen and oxygen atoms in total. The number of oxazole rings is 1. The second-order valence-electron chi connectivity index (χ2n) is 19.3. The molecule has 14 rings (SSSR count). The van der Waals surface area contributed by atoms with E-state index in [1.165, 1.54) is 83.1 Å². The van der Waals surface area contributed by atoms with Crippen molar-refractivity contribution in [3.63, 3.8) is 0 Å². The van der Waals surface area contributed by atoms with Gasteiger partial charge in [0.05, 0.1) is 22.4 Å². The number of para-hydroxylation sites is 1. The van der Waals surface area contributed by atoms with Crippen LogP contribution in [0.3, 0.4) is 0 Å². The van der Waals surface area contributed by atoms with Crippen LogP contribution in [-0.2, 0) is 5.41 Å². The van der Waals surface area contributed by atoms with E-state index in [-0.39, 0.29) is 5.41 Å². The fraction of sp³-hybridized carbons (Fsp3) is 0.119. The first-order valence-electron chi connectivity index (χ1n) is 25.2. The fourth-order valence-corrected chi connectivity index (χ4v) is 11.6. The number of anilines is 2. The van der Waals surface area contributed by atoms with E-state index < -0.39 is 0 Å². The standard InChI is InChI=1S/C65H47N3O.C2H6/c1-65(2)56-24-14-15-25-60(56)67(46-18-8-4-9-19-46)61-37-30-45(40-57(61)65)44-29-36-59-55(39-44)53-34-35-58-63(69-64(66-58)42-16-6-3-7-17-42)62(53)68(59)47-31-26-41(27-32-47)43-28-33-52-50-23-13-12-22-48(50)49-20-10-5-11-21-51(49)54(52)38-43;1-2/h3,6-8,10-40H,4-5,9H2,1-2H3;1-2H3.